The first-order valence-corrected chi connectivity index (χ1v) is 14.9. The normalized spacial score (nSPS) is 25.2. The Labute approximate surface area is 248 Å². The molecule has 216 valence electrons. The van der Waals surface area contributed by atoms with E-state index in [-0.39, 0.29) is 29.1 Å². The Morgan fingerprint density at radius 2 is 1.77 bits per heavy atom. The number of imidazole rings is 1. The molecule has 3 fully saturated rings. The van der Waals surface area contributed by atoms with Gasteiger partial charge in [-0.25, -0.2) is 14.8 Å². The monoisotopic (exact) mass is 573 g/mol. The molecule has 1 N–H and O–H groups in total. The molecule has 0 bridgehead atoms. The molecule has 43 heavy (non-hydrogen) atoms. The first-order valence-electron chi connectivity index (χ1n) is 14.9. The number of hydrogen-bond acceptors (Lipinski definition) is 8. The average Bonchev–Trinajstić information content (AvgIpc) is 3.36. The van der Waals surface area contributed by atoms with E-state index in [1.54, 1.807) is 0 Å². The zero-order valence-corrected chi connectivity index (χ0v) is 23.6. The molecule has 1 spiro atoms. The summed E-state index contributed by atoms with van der Waals surface area (Å²) in [7, 11) is 0. The zero-order chi connectivity index (χ0) is 29.0. The highest BCUT2D eigenvalue weighted by Gasteiger charge is 2.57. The highest BCUT2D eigenvalue weighted by molar-refractivity contribution is 5.91. The summed E-state index contributed by atoms with van der Waals surface area (Å²) in [5.74, 6) is 3.98. The fourth-order valence-corrected chi connectivity index (χ4v) is 7.10. The van der Waals surface area contributed by atoms with E-state index < -0.39 is 5.76 Å². The number of fused-ring (bicyclic) bond motifs is 1. The predicted molar refractivity (Wildman–Crippen MR) is 161 cm³/mol. The van der Waals surface area contributed by atoms with Gasteiger partial charge in [0.25, 0.3) is 0 Å². The molecule has 3 aromatic heterocycles. The summed E-state index contributed by atoms with van der Waals surface area (Å²) in [5.41, 5.74) is 4.47. The highest BCUT2D eigenvalue weighted by atomic mass is 16.5. The average molecular weight is 574 g/mol. The van der Waals surface area contributed by atoms with Crippen molar-refractivity contribution < 1.29 is 9.26 Å². The van der Waals surface area contributed by atoms with Crippen LogP contribution >= 0.6 is 0 Å². The lowest BCUT2D eigenvalue weighted by Crippen LogP contribution is -2.41. The molecule has 0 amide bonds. The van der Waals surface area contributed by atoms with Crippen LogP contribution in [0.25, 0.3) is 34.1 Å². The Balaban J connectivity index is 1.35. The molecule has 3 aliphatic rings. The molecule has 2 atom stereocenters. The molecule has 2 aromatic carbocycles. The molecule has 2 aliphatic carbocycles. The lowest BCUT2D eigenvalue weighted by atomic mass is 9.79. The van der Waals surface area contributed by atoms with Gasteiger partial charge in [0.05, 0.1) is 19.3 Å². The van der Waals surface area contributed by atoms with Crippen molar-refractivity contribution in [2.75, 3.05) is 24.7 Å². The minimum absolute atomic E-state index is 0.00288. The molecule has 1 saturated heterocycles. The second-order valence-corrected chi connectivity index (χ2v) is 11.9. The van der Waals surface area contributed by atoms with Gasteiger partial charge >= 0.3 is 5.76 Å². The van der Waals surface area contributed by atoms with Crippen LogP contribution in [0.2, 0.25) is 0 Å². The first-order chi connectivity index (χ1) is 21.1. The number of aromatic nitrogens is 6. The van der Waals surface area contributed by atoms with Crippen molar-refractivity contribution in [3.63, 3.8) is 0 Å². The maximum atomic E-state index is 11.8. The molecule has 0 radical (unpaired) electrons. The topological polar surface area (TPSA) is 115 Å². The third-order valence-corrected chi connectivity index (χ3v) is 9.47. The van der Waals surface area contributed by atoms with Crippen LogP contribution in [0.5, 0.6) is 0 Å². The number of morpholine rings is 1. The summed E-state index contributed by atoms with van der Waals surface area (Å²) in [6, 6.07) is 20.7. The Hall–Kier alpha value is -4.75. The summed E-state index contributed by atoms with van der Waals surface area (Å²) < 4.78 is 13.2. The van der Waals surface area contributed by atoms with E-state index in [4.69, 9.17) is 30.6 Å². The second-order valence-electron chi connectivity index (χ2n) is 11.9. The number of nitrogens with zero attached hydrogens (tertiary/aromatic N) is 6. The quantitative estimate of drug-likeness (QED) is 0.287. The van der Waals surface area contributed by atoms with Crippen molar-refractivity contribution >= 4 is 17.1 Å². The SMILES string of the molecule is C#CC1CCC2(CC1)C[C@H]2n1c(N2CCOC[C@H]2c2ccccc2)nc2nc(-c3noc(=O)[nH]3)nc(-c3ccccc3)c21. The molecule has 8 rings (SSSR count). The van der Waals surface area contributed by atoms with Gasteiger partial charge < -0.3 is 14.2 Å². The summed E-state index contributed by atoms with van der Waals surface area (Å²) >= 11 is 0. The van der Waals surface area contributed by atoms with E-state index in [0.29, 0.717) is 31.3 Å². The Morgan fingerprint density at radius 1 is 1.00 bits per heavy atom. The zero-order valence-electron chi connectivity index (χ0n) is 23.6. The van der Waals surface area contributed by atoms with Crippen LogP contribution < -0.4 is 10.7 Å². The van der Waals surface area contributed by atoms with Crippen molar-refractivity contribution in [1.82, 2.24) is 29.7 Å². The van der Waals surface area contributed by atoms with Crippen LogP contribution in [0.15, 0.2) is 70.0 Å². The molecule has 4 heterocycles. The number of ether oxygens (including phenoxy) is 1. The van der Waals surface area contributed by atoms with Crippen molar-refractivity contribution in [1.29, 1.82) is 0 Å². The maximum Gasteiger partial charge on any atom is 0.439 e. The van der Waals surface area contributed by atoms with Crippen LogP contribution in [0.3, 0.4) is 0 Å². The molecule has 10 nitrogen and oxygen atoms in total. The number of hydrogen-bond donors (Lipinski definition) is 1. The number of benzene rings is 2. The number of rotatable bonds is 5. The Kier molecular flexibility index (Phi) is 6.15. The van der Waals surface area contributed by atoms with Gasteiger partial charge in [-0.1, -0.05) is 65.8 Å². The Bertz CT molecular complexity index is 1880. The second kappa shape index (κ2) is 10.2. The largest absolute Gasteiger partial charge is 0.439 e. The fraction of sp³-hybridized carbons (Fsp3) is 0.364. The van der Waals surface area contributed by atoms with Gasteiger partial charge in [0.2, 0.25) is 17.6 Å². The lowest BCUT2D eigenvalue weighted by molar-refractivity contribution is 0.0928. The smallest absolute Gasteiger partial charge is 0.377 e. The summed E-state index contributed by atoms with van der Waals surface area (Å²) in [6.07, 6.45) is 11.2. The molecule has 5 aromatic rings. The number of terminal acetylenes is 1. The van der Waals surface area contributed by atoms with E-state index in [1.807, 2.05) is 36.4 Å². The molecular weight excluding hydrogens is 542 g/mol. The van der Waals surface area contributed by atoms with E-state index in [0.717, 1.165) is 54.8 Å². The third kappa shape index (κ3) is 4.43. The standard InChI is InChI=1S/C33H31N7O3/c1-2-21-13-15-33(16-14-21)19-25(33)40-27-26(23-11-7-4-8-12-23)34-29(30-37-32(41)43-38-30)35-28(27)36-31(40)39-17-18-42-20-24(39)22-9-5-3-6-10-22/h1,3-12,21,24-25H,13-20H2,(H,37,38,41)/t21?,24-,25+,33?/m0/s1. The van der Waals surface area contributed by atoms with Gasteiger partial charge in [-0.2, -0.15) is 4.98 Å². The fourth-order valence-electron chi connectivity index (χ4n) is 7.10. The van der Waals surface area contributed by atoms with Crippen molar-refractivity contribution in [2.24, 2.45) is 11.3 Å². The van der Waals surface area contributed by atoms with E-state index >= 15 is 0 Å². The van der Waals surface area contributed by atoms with Crippen LogP contribution in [-0.2, 0) is 4.74 Å². The minimum Gasteiger partial charge on any atom is -0.377 e. The van der Waals surface area contributed by atoms with Gasteiger partial charge in [0.15, 0.2) is 5.65 Å². The van der Waals surface area contributed by atoms with Crippen LogP contribution in [0.4, 0.5) is 5.95 Å². The van der Waals surface area contributed by atoms with Crippen molar-refractivity contribution in [3.05, 3.63) is 76.8 Å². The van der Waals surface area contributed by atoms with Gasteiger partial charge in [-0.3, -0.25) is 9.51 Å². The van der Waals surface area contributed by atoms with Gasteiger partial charge in [0, 0.05) is 24.1 Å². The van der Waals surface area contributed by atoms with E-state index in [9.17, 15) is 4.79 Å². The molecule has 10 heteroatoms. The van der Waals surface area contributed by atoms with Crippen molar-refractivity contribution in [2.45, 2.75) is 44.2 Å². The number of H-pyrrole nitrogens is 1. The van der Waals surface area contributed by atoms with Gasteiger partial charge in [0.1, 0.15) is 11.2 Å². The van der Waals surface area contributed by atoms with Crippen LogP contribution in [0.1, 0.15) is 49.8 Å². The number of aromatic amines is 1. The molecule has 1 aliphatic heterocycles. The number of nitrogens with one attached hydrogen (secondary N) is 1. The number of anilines is 1. The lowest BCUT2D eigenvalue weighted by Gasteiger charge is -2.37. The van der Waals surface area contributed by atoms with E-state index in [2.05, 4.69) is 49.8 Å². The van der Waals surface area contributed by atoms with Gasteiger partial charge in [-0.05, 0) is 43.1 Å². The Morgan fingerprint density at radius 3 is 2.49 bits per heavy atom. The third-order valence-electron chi connectivity index (χ3n) is 9.47. The minimum atomic E-state index is -0.660. The van der Waals surface area contributed by atoms with E-state index in [1.165, 1.54) is 5.56 Å². The first kappa shape index (κ1) is 25.9. The molecular formula is C33H31N7O3. The molecule has 0 unspecified atom stereocenters. The summed E-state index contributed by atoms with van der Waals surface area (Å²) in [6.45, 7) is 1.86. The van der Waals surface area contributed by atoms with Gasteiger partial charge in [-0.15, -0.1) is 12.3 Å². The van der Waals surface area contributed by atoms with Crippen LogP contribution in [-0.4, -0.2) is 49.4 Å². The summed E-state index contributed by atoms with van der Waals surface area (Å²) in [5, 5.41) is 3.88. The van der Waals surface area contributed by atoms with Crippen molar-refractivity contribution in [3.8, 4) is 35.2 Å². The molecule has 2 saturated carbocycles. The van der Waals surface area contributed by atoms with Crippen LogP contribution in [0, 0.1) is 23.7 Å². The predicted octanol–water partition coefficient (Wildman–Crippen LogP) is 5.17. The summed E-state index contributed by atoms with van der Waals surface area (Å²) in [4.78, 5) is 31.9. The highest BCUT2D eigenvalue weighted by Crippen LogP contribution is 2.66. The maximum absolute atomic E-state index is 11.8.